The van der Waals surface area contributed by atoms with Crippen LogP contribution in [0.3, 0.4) is 0 Å². The molecule has 1 aromatic rings. The molecule has 0 atom stereocenters. The van der Waals surface area contributed by atoms with Gasteiger partial charge in [-0.2, -0.15) is 4.99 Å². The van der Waals surface area contributed by atoms with Gasteiger partial charge in [0.05, 0.1) is 6.61 Å². The number of hydrogen-bond acceptors (Lipinski definition) is 4. The second-order valence-electron chi connectivity index (χ2n) is 1.76. The maximum absolute atomic E-state index is 9.89. The summed E-state index contributed by atoms with van der Waals surface area (Å²) in [5, 5.41) is 3.55. The summed E-state index contributed by atoms with van der Waals surface area (Å²) in [6.07, 6.45) is 1.47. The molecule has 58 valence electrons. The zero-order valence-corrected chi connectivity index (χ0v) is 6.85. The van der Waals surface area contributed by atoms with Gasteiger partial charge in [-0.3, -0.25) is 0 Å². The van der Waals surface area contributed by atoms with Crippen molar-refractivity contribution in [1.29, 1.82) is 0 Å². The van der Waals surface area contributed by atoms with E-state index in [4.69, 9.17) is 4.74 Å². The van der Waals surface area contributed by atoms with Crippen molar-refractivity contribution in [3.8, 4) is 5.75 Å². The van der Waals surface area contributed by atoms with Crippen LogP contribution in [-0.2, 0) is 4.79 Å². The Balaban J connectivity index is 2.86. The lowest BCUT2D eigenvalue weighted by molar-refractivity contribution is 0.343. The number of nitrogens with zero attached hydrogens (tertiary/aromatic N) is 1. The summed E-state index contributed by atoms with van der Waals surface area (Å²) in [6.45, 7) is 2.46. The highest BCUT2D eigenvalue weighted by atomic mass is 32.1. The molecule has 0 spiro atoms. The molecule has 1 heterocycles. The lowest BCUT2D eigenvalue weighted by Crippen LogP contribution is -1.88. The van der Waals surface area contributed by atoms with E-state index in [9.17, 15) is 4.79 Å². The Hall–Kier alpha value is -1.12. The Morgan fingerprint density at radius 1 is 1.73 bits per heavy atom. The lowest BCUT2D eigenvalue weighted by Gasteiger charge is -1.97. The van der Waals surface area contributed by atoms with Crippen LogP contribution in [0.4, 0.5) is 5.69 Å². The SMILES string of the molecule is CCOc1cscc1N=C=O. The van der Waals surface area contributed by atoms with Crippen molar-refractivity contribution in [2.75, 3.05) is 6.61 Å². The van der Waals surface area contributed by atoms with Crippen LogP contribution >= 0.6 is 11.3 Å². The molecule has 0 radical (unpaired) electrons. The largest absolute Gasteiger partial charge is 0.491 e. The number of isocyanates is 1. The first kappa shape index (κ1) is 7.98. The fourth-order valence-electron chi connectivity index (χ4n) is 0.673. The highest BCUT2D eigenvalue weighted by Gasteiger charge is 2.01. The van der Waals surface area contributed by atoms with E-state index >= 15 is 0 Å². The first-order valence-electron chi connectivity index (χ1n) is 3.15. The van der Waals surface area contributed by atoms with Gasteiger partial charge < -0.3 is 4.74 Å². The Labute approximate surface area is 68.3 Å². The molecule has 0 aliphatic rings. The van der Waals surface area contributed by atoms with E-state index in [2.05, 4.69) is 4.99 Å². The summed E-state index contributed by atoms with van der Waals surface area (Å²) in [7, 11) is 0. The fourth-order valence-corrected chi connectivity index (χ4v) is 1.35. The first-order chi connectivity index (χ1) is 5.38. The molecule has 0 saturated carbocycles. The number of aliphatic imine (C=N–C) groups is 1. The minimum Gasteiger partial charge on any atom is -0.491 e. The van der Waals surface area contributed by atoms with Crippen molar-refractivity contribution in [3.63, 3.8) is 0 Å². The average Bonchev–Trinajstić information content (AvgIpc) is 2.39. The quantitative estimate of drug-likeness (QED) is 0.513. The second-order valence-corrected chi connectivity index (χ2v) is 2.50. The summed E-state index contributed by atoms with van der Waals surface area (Å²) in [4.78, 5) is 13.4. The van der Waals surface area contributed by atoms with Gasteiger partial charge in [-0.25, -0.2) is 4.79 Å². The van der Waals surface area contributed by atoms with Gasteiger partial charge in [0.2, 0.25) is 6.08 Å². The van der Waals surface area contributed by atoms with Gasteiger partial charge in [0.15, 0.2) is 5.75 Å². The predicted molar refractivity (Wildman–Crippen MR) is 43.3 cm³/mol. The van der Waals surface area contributed by atoms with E-state index in [0.29, 0.717) is 18.0 Å². The molecule has 1 rings (SSSR count). The highest BCUT2D eigenvalue weighted by Crippen LogP contribution is 2.31. The van der Waals surface area contributed by atoms with Crippen LogP contribution in [0, 0.1) is 0 Å². The Bertz CT molecular complexity index is 276. The fraction of sp³-hybridized carbons (Fsp3) is 0.286. The molecule has 0 unspecified atom stereocenters. The van der Waals surface area contributed by atoms with E-state index in [0.717, 1.165) is 0 Å². The summed E-state index contributed by atoms with van der Waals surface area (Å²) < 4.78 is 5.17. The summed E-state index contributed by atoms with van der Waals surface area (Å²) >= 11 is 1.45. The molecule has 0 bridgehead atoms. The molecule has 0 fully saturated rings. The van der Waals surface area contributed by atoms with Crippen LogP contribution < -0.4 is 4.74 Å². The van der Waals surface area contributed by atoms with Crippen LogP contribution in [0.5, 0.6) is 5.75 Å². The maximum Gasteiger partial charge on any atom is 0.240 e. The lowest BCUT2D eigenvalue weighted by atomic mass is 10.5. The highest BCUT2D eigenvalue weighted by molar-refractivity contribution is 7.08. The molecule has 4 heteroatoms. The number of carbonyl (C=O) groups excluding carboxylic acids is 1. The van der Waals surface area contributed by atoms with Crippen LogP contribution in [0.25, 0.3) is 0 Å². The average molecular weight is 169 g/mol. The molecule has 0 saturated heterocycles. The molecule has 0 aliphatic heterocycles. The molecule has 11 heavy (non-hydrogen) atoms. The molecule has 0 aromatic carbocycles. The van der Waals surface area contributed by atoms with Gasteiger partial charge in [-0.1, -0.05) is 0 Å². The number of thiophene rings is 1. The van der Waals surface area contributed by atoms with Crippen molar-refractivity contribution in [1.82, 2.24) is 0 Å². The Morgan fingerprint density at radius 2 is 2.55 bits per heavy atom. The van der Waals surface area contributed by atoms with Crippen molar-refractivity contribution in [3.05, 3.63) is 10.8 Å². The molecule has 0 N–H and O–H groups in total. The molecular formula is C7H7NO2S. The van der Waals surface area contributed by atoms with Crippen LogP contribution in [0.2, 0.25) is 0 Å². The van der Waals surface area contributed by atoms with Crippen LogP contribution in [0.15, 0.2) is 15.8 Å². The zero-order valence-electron chi connectivity index (χ0n) is 6.03. The standard InChI is InChI=1S/C7H7NO2S/c1-2-10-7-4-11-3-6(7)8-5-9/h3-4H,2H2,1H3. The van der Waals surface area contributed by atoms with E-state index in [1.807, 2.05) is 6.92 Å². The van der Waals surface area contributed by atoms with E-state index < -0.39 is 0 Å². The molecule has 0 amide bonds. The third kappa shape index (κ3) is 1.90. The monoisotopic (exact) mass is 169 g/mol. The topological polar surface area (TPSA) is 38.7 Å². The van der Waals surface area contributed by atoms with E-state index in [1.54, 1.807) is 10.8 Å². The normalized spacial score (nSPS) is 8.82. The third-order valence-electron chi connectivity index (χ3n) is 1.07. The van der Waals surface area contributed by atoms with Gasteiger partial charge in [-0.05, 0) is 6.92 Å². The Kier molecular flexibility index (Phi) is 2.83. The van der Waals surface area contributed by atoms with Crippen molar-refractivity contribution >= 4 is 23.1 Å². The van der Waals surface area contributed by atoms with Crippen molar-refractivity contribution in [2.45, 2.75) is 6.92 Å². The van der Waals surface area contributed by atoms with Gasteiger partial charge in [-0.15, -0.1) is 11.3 Å². The zero-order chi connectivity index (χ0) is 8.10. The van der Waals surface area contributed by atoms with E-state index in [-0.39, 0.29) is 0 Å². The number of ether oxygens (including phenoxy) is 1. The Morgan fingerprint density at radius 3 is 3.18 bits per heavy atom. The minimum absolute atomic E-state index is 0.562. The van der Waals surface area contributed by atoms with Crippen LogP contribution in [-0.4, -0.2) is 12.7 Å². The second kappa shape index (κ2) is 3.91. The van der Waals surface area contributed by atoms with Gasteiger partial charge in [0, 0.05) is 10.8 Å². The third-order valence-corrected chi connectivity index (χ3v) is 1.78. The molecule has 0 aliphatic carbocycles. The van der Waals surface area contributed by atoms with Crippen molar-refractivity contribution < 1.29 is 9.53 Å². The molecule has 3 nitrogen and oxygen atoms in total. The summed E-state index contributed by atoms with van der Waals surface area (Å²) in [6, 6.07) is 0. The van der Waals surface area contributed by atoms with Gasteiger partial charge in [0.25, 0.3) is 0 Å². The summed E-state index contributed by atoms with van der Waals surface area (Å²) in [5.41, 5.74) is 0.562. The maximum atomic E-state index is 9.89. The summed E-state index contributed by atoms with van der Waals surface area (Å²) in [5.74, 6) is 0.654. The predicted octanol–water partition coefficient (Wildman–Crippen LogP) is 2.11. The van der Waals surface area contributed by atoms with Crippen LogP contribution in [0.1, 0.15) is 6.92 Å². The first-order valence-corrected chi connectivity index (χ1v) is 4.09. The van der Waals surface area contributed by atoms with Gasteiger partial charge >= 0.3 is 0 Å². The number of hydrogen-bond donors (Lipinski definition) is 0. The van der Waals surface area contributed by atoms with E-state index in [1.165, 1.54) is 17.4 Å². The van der Waals surface area contributed by atoms with Crippen molar-refractivity contribution in [2.24, 2.45) is 4.99 Å². The minimum atomic E-state index is 0.562. The molecular weight excluding hydrogens is 162 g/mol. The van der Waals surface area contributed by atoms with Gasteiger partial charge in [0.1, 0.15) is 5.69 Å². The number of rotatable bonds is 3. The molecule has 1 aromatic heterocycles. The smallest absolute Gasteiger partial charge is 0.240 e.